The van der Waals surface area contributed by atoms with Gasteiger partial charge in [0.25, 0.3) is 11.8 Å². The molecule has 0 heterocycles. The topological polar surface area (TPSA) is 109 Å². The van der Waals surface area contributed by atoms with Crippen molar-refractivity contribution in [3.05, 3.63) is 59.7 Å². The fourth-order valence-electron chi connectivity index (χ4n) is 2.46. The Labute approximate surface area is 170 Å². The molecule has 154 valence electrons. The summed E-state index contributed by atoms with van der Waals surface area (Å²) >= 11 is 0. The van der Waals surface area contributed by atoms with E-state index >= 15 is 0 Å². The van der Waals surface area contributed by atoms with Crippen molar-refractivity contribution < 1.29 is 19.1 Å². The second-order valence-electron chi connectivity index (χ2n) is 6.16. The quantitative estimate of drug-likeness (QED) is 0.457. The van der Waals surface area contributed by atoms with Crippen LogP contribution in [0.25, 0.3) is 0 Å². The normalized spacial score (nSPS) is 10.1. The van der Waals surface area contributed by atoms with E-state index in [2.05, 4.69) is 21.3 Å². The maximum Gasteiger partial charge on any atom is 0.251 e. The molecule has 0 aromatic heterocycles. The van der Waals surface area contributed by atoms with E-state index in [1.165, 1.54) is 0 Å². The molecule has 0 saturated carbocycles. The first-order valence-electron chi connectivity index (χ1n) is 9.32. The number of rotatable bonds is 10. The SMILES string of the molecule is CCNC(=O)c1ccc(NCC(=O)Nc2ccc(C(=O)NCCOC)cc2)cc1. The highest BCUT2D eigenvalue weighted by atomic mass is 16.5. The van der Waals surface area contributed by atoms with Gasteiger partial charge in [-0.15, -0.1) is 0 Å². The van der Waals surface area contributed by atoms with Crippen molar-refractivity contribution in [1.82, 2.24) is 10.6 Å². The molecule has 3 amide bonds. The molecule has 0 radical (unpaired) electrons. The number of amides is 3. The van der Waals surface area contributed by atoms with Crippen LogP contribution in [0.1, 0.15) is 27.6 Å². The van der Waals surface area contributed by atoms with Crippen molar-refractivity contribution in [3.8, 4) is 0 Å². The van der Waals surface area contributed by atoms with Gasteiger partial charge in [0, 0.05) is 42.7 Å². The minimum Gasteiger partial charge on any atom is -0.383 e. The fraction of sp³-hybridized carbons (Fsp3) is 0.286. The van der Waals surface area contributed by atoms with E-state index in [1.807, 2.05) is 6.92 Å². The molecule has 2 aromatic carbocycles. The highest BCUT2D eigenvalue weighted by molar-refractivity contribution is 5.97. The number of nitrogens with one attached hydrogen (secondary N) is 4. The summed E-state index contributed by atoms with van der Waals surface area (Å²) in [5, 5.41) is 11.2. The van der Waals surface area contributed by atoms with Gasteiger partial charge in [-0.05, 0) is 55.5 Å². The van der Waals surface area contributed by atoms with Gasteiger partial charge in [0.15, 0.2) is 0 Å². The molecule has 0 aliphatic heterocycles. The Morgan fingerprint density at radius 3 is 1.93 bits per heavy atom. The zero-order chi connectivity index (χ0) is 21.1. The number of carbonyl (C=O) groups is 3. The van der Waals surface area contributed by atoms with Gasteiger partial charge >= 0.3 is 0 Å². The largest absolute Gasteiger partial charge is 0.383 e. The first kappa shape index (κ1) is 21.9. The summed E-state index contributed by atoms with van der Waals surface area (Å²) in [4.78, 5) is 35.8. The predicted octanol–water partition coefficient (Wildman–Crippen LogP) is 1.86. The van der Waals surface area contributed by atoms with Crippen LogP contribution in [-0.4, -0.2) is 51.1 Å². The minimum absolute atomic E-state index is 0.0692. The number of ether oxygens (including phenoxy) is 1. The third-order valence-electron chi connectivity index (χ3n) is 3.96. The van der Waals surface area contributed by atoms with Gasteiger partial charge in [0.05, 0.1) is 13.2 Å². The van der Waals surface area contributed by atoms with Crippen LogP contribution in [0.5, 0.6) is 0 Å². The van der Waals surface area contributed by atoms with E-state index in [1.54, 1.807) is 55.6 Å². The highest BCUT2D eigenvalue weighted by Gasteiger charge is 2.07. The van der Waals surface area contributed by atoms with Gasteiger partial charge in [0.1, 0.15) is 0 Å². The number of hydrogen-bond donors (Lipinski definition) is 4. The Morgan fingerprint density at radius 1 is 0.828 bits per heavy atom. The molecular formula is C21H26N4O4. The summed E-state index contributed by atoms with van der Waals surface area (Å²) in [6.45, 7) is 3.38. The smallest absolute Gasteiger partial charge is 0.251 e. The summed E-state index contributed by atoms with van der Waals surface area (Å²) in [5.74, 6) is -0.555. The molecule has 29 heavy (non-hydrogen) atoms. The minimum atomic E-state index is -0.227. The first-order valence-corrected chi connectivity index (χ1v) is 9.32. The van der Waals surface area contributed by atoms with Crippen molar-refractivity contribution in [2.24, 2.45) is 0 Å². The molecule has 0 atom stereocenters. The zero-order valence-corrected chi connectivity index (χ0v) is 16.6. The van der Waals surface area contributed by atoms with Crippen LogP contribution in [0, 0.1) is 0 Å². The molecule has 0 aliphatic carbocycles. The van der Waals surface area contributed by atoms with Gasteiger partial charge in [-0.25, -0.2) is 0 Å². The van der Waals surface area contributed by atoms with Crippen molar-refractivity contribution >= 4 is 29.1 Å². The summed E-state index contributed by atoms with van der Waals surface area (Å²) in [6.07, 6.45) is 0. The Balaban J connectivity index is 1.80. The number of methoxy groups -OCH3 is 1. The van der Waals surface area contributed by atoms with Gasteiger partial charge < -0.3 is 26.0 Å². The van der Waals surface area contributed by atoms with E-state index in [9.17, 15) is 14.4 Å². The monoisotopic (exact) mass is 398 g/mol. The van der Waals surface area contributed by atoms with Crippen LogP contribution < -0.4 is 21.3 Å². The third kappa shape index (κ3) is 7.27. The standard InChI is InChI=1S/C21H26N4O4/c1-3-22-20(27)15-4-8-17(9-5-15)24-14-19(26)25-18-10-6-16(7-11-18)21(28)23-12-13-29-2/h4-11,24H,3,12-14H2,1-2H3,(H,22,27)(H,23,28)(H,25,26). The number of anilines is 2. The lowest BCUT2D eigenvalue weighted by atomic mass is 10.2. The van der Waals surface area contributed by atoms with E-state index < -0.39 is 0 Å². The van der Waals surface area contributed by atoms with Crippen LogP contribution in [0.3, 0.4) is 0 Å². The third-order valence-corrected chi connectivity index (χ3v) is 3.96. The molecule has 0 bridgehead atoms. The van der Waals surface area contributed by atoms with Crippen molar-refractivity contribution in [2.75, 3.05) is 44.0 Å². The second-order valence-corrected chi connectivity index (χ2v) is 6.16. The fourth-order valence-corrected chi connectivity index (χ4v) is 2.46. The molecule has 0 aliphatic rings. The number of carbonyl (C=O) groups excluding carboxylic acids is 3. The van der Waals surface area contributed by atoms with Gasteiger partial charge in [0.2, 0.25) is 5.91 Å². The van der Waals surface area contributed by atoms with Crippen LogP contribution in [0.15, 0.2) is 48.5 Å². The van der Waals surface area contributed by atoms with Gasteiger partial charge in [-0.2, -0.15) is 0 Å². The Hall–Kier alpha value is -3.39. The van der Waals surface area contributed by atoms with Crippen LogP contribution >= 0.6 is 0 Å². The molecule has 8 nitrogen and oxygen atoms in total. The lowest BCUT2D eigenvalue weighted by Gasteiger charge is -2.09. The molecule has 0 saturated heterocycles. The van der Waals surface area contributed by atoms with Crippen LogP contribution in [0.4, 0.5) is 11.4 Å². The summed E-state index contributed by atoms with van der Waals surface area (Å²) in [6, 6.07) is 13.5. The highest BCUT2D eigenvalue weighted by Crippen LogP contribution is 2.11. The van der Waals surface area contributed by atoms with Crippen molar-refractivity contribution in [2.45, 2.75) is 6.92 Å². The average molecular weight is 398 g/mol. The number of hydrogen-bond acceptors (Lipinski definition) is 5. The maximum atomic E-state index is 12.1. The predicted molar refractivity (Wildman–Crippen MR) is 112 cm³/mol. The van der Waals surface area contributed by atoms with Crippen LogP contribution in [0.2, 0.25) is 0 Å². The lowest BCUT2D eigenvalue weighted by Crippen LogP contribution is -2.27. The molecule has 2 aromatic rings. The summed E-state index contributed by atoms with van der Waals surface area (Å²) < 4.78 is 4.89. The zero-order valence-electron chi connectivity index (χ0n) is 16.6. The first-order chi connectivity index (χ1) is 14.0. The second kappa shape index (κ2) is 11.5. The summed E-state index contributed by atoms with van der Waals surface area (Å²) in [5.41, 5.74) is 2.39. The molecule has 2 rings (SSSR count). The van der Waals surface area contributed by atoms with E-state index in [4.69, 9.17) is 4.74 Å². The molecule has 4 N–H and O–H groups in total. The van der Waals surface area contributed by atoms with E-state index in [-0.39, 0.29) is 24.3 Å². The maximum absolute atomic E-state index is 12.1. The molecule has 0 spiro atoms. The van der Waals surface area contributed by atoms with Gasteiger partial charge in [-0.1, -0.05) is 0 Å². The molecular weight excluding hydrogens is 372 g/mol. The Kier molecular flexibility index (Phi) is 8.65. The Bertz CT molecular complexity index is 820. The molecule has 8 heteroatoms. The van der Waals surface area contributed by atoms with Crippen molar-refractivity contribution in [1.29, 1.82) is 0 Å². The van der Waals surface area contributed by atoms with E-state index in [0.717, 1.165) is 5.69 Å². The van der Waals surface area contributed by atoms with E-state index in [0.29, 0.717) is 36.5 Å². The van der Waals surface area contributed by atoms with Gasteiger partial charge in [-0.3, -0.25) is 14.4 Å². The molecule has 0 unspecified atom stereocenters. The van der Waals surface area contributed by atoms with Crippen LogP contribution in [-0.2, 0) is 9.53 Å². The Morgan fingerprint density at radius 2 is 1.38 bits per heavy atom. The number of benzene rings is 2. The average Bonchev–Trinajstić information content (AvgIpc) is 2.73. The van der Waals surface area contributed by atoms with Crippen molar-refractivity contribution in [3.63, 3.8) is 0 Å². The lowest BCUT2D eigenvalue weighted by molar-refractivity contribution is -0.114. The molecule has 0 fully saturated rings. The summed E-state index contributed by atoms with van der Waals surface area (Å²) in [7, 11) is 1.57.